The molecule has 330 valence electrons. The minimum absolute atomic E-state index is 0.155. The maximum absolute atomic E-state index is 12.6. The lowest BCUT2D eigenvalue weighted by atomic mass is 10.0. The van der Waals surface area contributed by atoms with Crippen LogP contribution in [0.3, 0.4) is 0 Å². The number of ether oxygens (including phenoxy) is 2. The number of rotatable bonds is 43. The van der Waals surface area contributed by atoms with Crippen molar-refractivity contribution in [1.82, 2.24) is 0 Å². The molecule has 3 atom stereocenters. The highest BCUT2D eigenvalue weighted by atomic mass is 31.2. The lowest BCUT2D eigenvalue weighted by Gasteiger charge is -2.20. The summed E-state index contributed by atoms with van der Waals surface area (Å²) < 4.78 is 32.7. The fourth-order valence-electron chi connectivity index (χ4n) is 6.41. The van der Waals surface area contributed by atoms with Crippen LogP contribution in [0.5, 0.6) is 0 Å². The smallest absolute Gasteiger partial charge is 0.472 e. The predicted molar refractivity (Wildman–Crippen MR) is 226 cm³/mol. The molecule has 4 N–H and O–H groups in total. The van der Waals surface area contributed by atoms with Crippen LogP contribution in [-0.4, -0.2) is 59.9 Å². The van der Waals surface area contributed by atoms with Crippen LogP contribution in [0.15, 0.2) is 12.2 Å². The third kappa shape index (κ3) is 39.1. The van der Waals surface area contributed by atoms with E-state index in [0.717, 1.165) is 57.8 Å². The molecule has 12 heteroatoms. The van der Waals surface area contributed by atoms with Crippen molar-refractivity contribution >= 4 is 25.7 Å². The topological polar surface area (TPSA) is 172 Å². The Labute approximate surface area is 341 Å². The van der Waals surface area contributed by atoms with E-state index in [4.69, 9.17) is 24.8 Å². The number of phosphoric acid groups is 1. The molecule has 0 aromatic heterocycles. The van der Waals surface area contributed by atoms with Crippen LogP contribution in [0.4, 0.5) is 0 Å². The van der Waals surface area contributed by atoms with Crippen LogP contribution in [0.2, 0.25) is 0 Å². The highest BCUT2D eigenvalue weighted by Gasteiger charge is 2.28. The quantitative estimate of drug-likeness (QED) is 0.0231. The number of hydrogen-bond donors (Lipinski definition) is 3. The first kappa shape index (κ1) is 54.2. The largest absolute Gasteiger partial charge is 0.480 e. The molecule has 0 heterocycles. The lowest BCUT2D eigenvalue weighted by molar-refractivity contribution is -0.161. The molecule has 0 aliphatic carbocycles. The second-order valence-corrected chi connectivity index (χ2v) is 17.0. The summed E-state index contributed by atoms with van der Waals surface area (Å²) in [6.07, 6.45) is 39.8. The summed E-state index contributed by atoms with van der Waals surface area (Å²) in [4.78, 5) is 46.0. The Hall–Kier alpha value is -1.78. The van der Waals surface area contributed by atoms with Gasteiger partial charge in [0, 0.05) is 12.8 Å². The van der Waals surface area contributed by atoms with E-state index in [1.54, 1.807) is 0 Å². The summed E-state index contributed by atoms with van der Waals surface area (Å²) >= 11 is 0. The highest BCUT2D eigenvalue weighted by molar-refractivity contribution is 7.47. The Bertz CT molecular complexity index is 1010. The molecule has 1 unspecified atom stereocenters. The third-order valence-electron chi connectivity index (χ3n) is 10.0. The molecule has 0 amide bonds. The van der Waals surface area contributed by atoms with Crippen LogP contribution in [-0.2, 0) is 37.5 Å². The number of carbonyl (C=O) groups is 3. The minimum atomic E-state index is -4.71. The SMILES string of the molecule is CCCCCCCCC/C=C\CCCCCCCC(=O)O[C@H](COC(=O)CCCCCCCCCCCCCCCCCC)COP(=O)(O)OC[C@H](N)C(=O)O. The molecule has 11 nitrogen and oxygen atoms in total. The van der Waals surface area contributed by atoms with E-state index in [1.165, 1.54) is 122 Å². The molecule has 56 heavy (non-hydrogen) atoms. The zero-order valence-electron chi connectivity index (χ0n) is 35.7. The van der Waals surface area contributed by atoms with Crippen molar-refractivity contribution in [3.05, 3.63) is 12.2 Å². The molecule has 0 saturated carbocycles. The summed E-state index contributed by atoms with van der Waals surface area (Å²) in [6, 6.07) is -1.52. The first-order chi connectivity index (χ1) is 27.1. The van der Waals surface area contributed by atoms with E-state index in [-0.39, 0.29) is 19.4 Å². The summed E-state index contributed by atoms with van der Waals surface area (Å²) in [5, 5.41) is 8.89. The van der Waals surface area contributed by atoms with Gasteiger partial charge in [0.05, 0.1) is 13.2 Å². The van der Waals surface area contributed by atoms with E-state index in [2.05, 4.69) is 30.5 Å². The van der Waals surface area contributed by atoms with E-state index < -0.39 is 51.1 Å². The number of carboxylic acids is 1. The third-order valence-corrected chi connectivity index (χ3v) is 11.0. The molecule has 0 aromatic rings. The maximum atomic E-state index is 12.6. The fraction of sp³-hybridized carbons (Fsp3) is 0.886. The second-order valence-electron chi connectivity index (χ2n) is 15.5. The predicted octanol–water partition coefficient (Wildman–Crippen LogP) is 12.1. The van der Waals surface area contributed by atoms with Gasteiger partial charge in [0.2, 0.25) is 0 Å². The van der Waals surface area contributed by atoms with Gasteiger partial charge in [-0.15, -0.1) is 0 Å². The molecule has 0 aliphatic heterocycles. The van der Waals surface area contributed by atoms with Gasteiger partial charge in [0.15, 0.2) is 6.10 Å². The molecule has 0 fully saturated rings. The van der Waals surface area contributed by atoms with Crippen LogP contribution >= 0.6 is 7.82 Å². The van der Waals surface area contributed by atoms with Gasteiger partial charge >= 0.3 is 25.7 Å². The number of carbonyl (C=O) groups excluding carboxylic acids is 2. The molecule has 0 bridgehead atoms. The van der Waals surface area contributed by atoms with Gasteiger partial charge in [-0.1, -0.05) is 180 Å². The van der Waals surface area contributed by atoms with E-state index in [9.17, 15) is 23.8 Å². The van der Waals surface area contributed by atoms with Crippen molar-refractivity contribution in [2.45, 2.75) is 231 Å². The number of allylic oxidation sites excluding steroid dienone is 2. The normalized spacial score (nSPS) is 13.8. The van der Waals surface area contributed by atoms with Gasteiger partial charge in [-0.05, 0) is 38.5 Å². The van der Waals surface area contributed by atoms with Crippen LogP contribution in [0, 0.1) is 0 Å². The number of phosphoric ester groups is 1. The molecular formula is C44H84NO10P. The van der Waals surface area contributed by atoms with Crippen molar-refractivity contribution in [3.8, 4) is 0 Å². The van der Waals surface area contributed by atoms with Gasteiger partial charge < -0.3 is 25.2 Å². The van der Waals surface area contributed by atoms with Gasteiger partial charge in [-0.3, -0.25) is 23.4 Å². The van der Waals surface area contributed by atoms with Crippen molar-refractivity contribution in [3.63, 3.8) is 0 Å². The number of unbranched alkanes of at least 4 members (excludes halogenated alkanes) is 27. The highest BCUT2D eigenvalue weighted by Crippen LogP contribution is 2.43. The zero-order valence-corrected chi connectivity index (χ0v) is 36.6. The summed E-state index contributed by atoms with van der Waals surface area (Å²) in [5.41, 5.74) is 5.34. The van der Waals surface area contributed by atoms with Crippen LogP contribution in [0.25, 0.3) is 0 Å². The Morgan fingerprint density at radius 2 is 0.893 bits per heavy atom. The molecule has 0 aromatic carbocycles. The number of esters is 2. The van der Waals surface area contributed by atoms with Gasteiger partial charge in [0.1, 0.15) is 12.6 Å². The number of hydrogen-bond acceptors (Lipinski definition) is 9. The minimum Gasteiger partial charge on any atom is -0.480 e. The Balaban J connectivity index is 4.32. The Kier molecular flexibility index (Phi) is 38.7. The molecule has 0 saturated heterocycles. The molecular weight excluding hydrogens is 733 g/mol. The zero-order chi connectivity index (χ0) is 41.4. The van der Waals surface area contributed by atoms with E-state index in [0.29, 0.717) is 12.8 Å². The number of aliphatic carboxylic acids is 1. The second kappa shape index (κ2) is 40.0. The maximum Gasteiger partial charge on any atom is 0.472 e. The fourth-order valence-corrected chi connectivity index (χ4v) is 7.19. The summed E-state index contributed by atoms with van der Waals surface area (Å²) in [5.74, 6) is -2.37. The number of nitrogens with two attached hydrogens (primary N) is 1. The average molecular weight is 818 g/mol. The van der Waals surface area contributed by atoms with Crippen LogP contribution in [0.1, 0.15) is 219 Å². The molecule has 0 aliphatic rings. The molecule has 0 radical (unpaired) electrons. The average Bonchev–Trinajstić information content (AvgIpc) is 3.17. The molecule has 0 spiro atoms. The van der Waals surface area contributed by atoms with Crippen LogP contribution < -0.4 is 5.73 Å². The van der Waals surface area contributed by atoms with E-state index in [1.807, 2.05) is 0 Å². The van der Waals surface area contributed by atoms with Crippen molar-refractivity contribution in [2.24, 2.45) is 5.73 Å². The van der Waals surface area contributed by atoms with Crippen molar-refractivity contribution in [2.75, 3.05) is 19.8 Å². The Morgan fingerprint density at radius 3 is 1.30 bits per heavy atom. The first-order valence-electron chi connectivity index (χ1n) is 22.7. The van der Waals surface area contributed by atoms with Gasteiger partial charge in [-0.2, -0.15) is 0 Å². The molecule has 0 rings (SSSR count). The number of carboxylic acid groups (broad SMARTS) is 1. The summed E-state index contributed by atoms with van der Waals surface area (Å²) in [7, 11) is -4.71. The monoisotopic (exact) mass is 818 g/mol. The van der Waals surface area contributed by atoms with Gasteiger partial charge in [0.25, 0.3) is 0 Å². The van der Waals surface area contributed by atoms with E-state index >= 15 is 0 Å². The summed E-state index contributed by atoms with van der Waals surface area (Å²) in [6.45, 7) is 2.82. The van der Waals surface area contributed by atoms with Crippen molar-refractivity contribution < 1.29 is 47.5 Å². The van der Waals surface area contributed by atoms with Crippen molar-refractivity contribution in [1.29, 1.82) is 0 Å². The van der Waals surface area contributed by atoms with Gasteiger partial charge in [-0.25, -0.2) is 4.57 Å². The standard InChI is InChI=1S/C44H84NO10P/c1-3-5-7-9-11-13-15-17-19-21-23-25-27-29-31-33-35-42(46)52-37-40(38-53-56(50,51)54-39-41(45)44(48)49)55-43(47)36-34-32-30-28-26-24-22-20-18-16-14-12-10-8-6-4-2/h20,22,40-41H,3-19,21,23-39,45H2,1-2H3,(H,48,49)(H,50,51)/b22-20-/t40-,41+/m1/s1. The Morgan fingerprint density at radius 1 is 0.536 bits per heavy atom. The first-order valence-corrected chi connectivity index (χ1v) is 24.2. The lowest BCUT2D eigenvalue weighted by Crippen LogP contribution is -2.34.